The molecule has 1 heterocycles. The van der Waals surface area contributed by atoms with Crippen LogP contribution in [0.25, 0.3) is 0 Å². The average Bonchev–Trinajstić information content (AvgIpc) is 2.83. The maximum atomic E-state index is 11.9. The van der Waals surface area contributed by atoms with E-state index in [-0.39, 0.29) is 18.4 Å². The number of hydrogen-bond donors (Lipinski definition) is 2. The molecule has 0 radical (unpaired) electrons. The quantitative estimate of drug-likeness (QED) is 0.773. The van der Waals surface area contributed by atoms with Crippen LogP contribution in [0, 0.1) is 0 Å². The SMILES string of the molecule is CCCNC(=O)CN(C)C(=O)c1csc(CN)n1. The van der Waals surface area contributed by atoms with Crippen LogP contribution < -0.4 is 11.1 Å². The van der Waals surface area contributed by atoms with Crippen molar-refractivity contribution in [1.82, 2.24) is 15.2 Å². The molecule has 0 aliphatic heterocycles. The van der Waals surface area contributed by atoms with Gasteiger partial charge < -0.3 is 16.0 Å². The molecule has 1 aromatic rings. The van der Waals surface area contributed by atoms with Crippen LogP contribution in [0.1, 0.15) is 28.8 Å². The summed E-state index contributed by atoms with van der Waals surface area (Å²) in [6, 6.07) is 0. The number of carbonyl (C=O) groups excluding carboxylic acids is 2. The van der Waals surface area contributed by atoms with Crippen molar-refractivity contribution in [2.24, 2.45) is 5.73 Å². The van der Waals surface area contributed by atoms with Crippen molar-refractivity contribution < 1.29 is 9.59 Å². The van der Waals surface area contributed by atoms with E-state index in [0.29, 0.717) is 23.8 Å². The molecule has 7 heteroatoms. The van der Waals surface area contributed by atoms with E-state index in [1.54, 1.807) is 12.4 Å². The van der Waals surface area contributed by atoms with E-state index in [0.717, 1.165) is 6.42 Å². The van der Waals surface area contributed by atoms with E-state index in [4.69, 9.17) is 5.73 Å². The smallest absolute Gasteiger partial charge is 0.273 e. The standard InChI is InChI=1S/C11H18N4O2S/c1-3-4-13-9(16)6-15(2)11(17)8-7-18-10(5-12)14-8/h7H,3-6,12H2,1-2H3,(H,13,16). The van der Waals surface area contributed by atoms with Crippen LogP contribution in [-0.4, -0.2) is 41.8 Å². The van der Waals surface area contributed by atoms with E-state index < -0.39 is 0 Å². The van der Waals surface area contributed by atoms with Crippen LogP contribution in [0.4, 0.5) is 0 Å². The van der Waals surface area contributed by atoms with Crippen molar-refractivity contribution >= 4 is 23.2 Å². The molecule has 3 N–H and O–H groups in total. The predicted molar refractivity (Wildman–Crippen MR) is 70.3 cm³/mol. The van der Waals surface area contributed by atoms with E-state index in [2.05, 4.69) is 10.3 Å². The summed E-state index contributed by atoms with van der Waals surface area (Å²) in [4.78, 5) is 28.8. The molecule has 0 aromatic carbocycles. The second kappa shape index (κ2) is 7.07. The third-order valence-electron chi connectivity index (χ3n) is 2.25. The number of hydrogen-bond acceptors (Lipinski definition) is 5. The molecule has 1 aromatic heterocycles. The van der Waals surface area contributed by atoms with Crippen LogP contribution >= 0.6 is 11.3 Å². The van der Waals surface area contributed by atoms with Crippen molar-refractivity contribution in [2.45, 2.75) is 19.9 Å². The summed E-state index contributed by atoms with van der Waals surface area (Å²) in [5.41, 5.74) is 5.77. The molecule has 2 amide bonds. The Kier molecular flexibility index (Phi) is 5.73. The van der Waals surface area contributed by atoms with Gasteiger partial charge in [-0.3, -0.25) is 9.59 Å². The third kappa shape index (κ3) is 4.08. The minimum absolute atomic E-state index is 0.0360. The van der Waals surface area contributed by atoms with Gasteiger partial charge in [0.1, 0.15) is 10.7 Å². The summed E-state index contributed by atoms with van der Waals surface area (Å²) in [5.74, 6) is -0.431. The molecule has 0 aliphatic carbocycles. The number of nitrogens with two attached hydrogens (primary N) is 1. The Morgan fingerprint density at radius 1 is 1.56 bits per heavy atom. The molecule has 0 spiro atoms. The molecule has 18 heavy (non-hydrogen) atoms. The molecule has 0 unspecified atom stereocenters. The lowest BCUT2D eigenvalue weighted by Gasteiger charge is -2.15. The van der Waals surface area contributed by atoms with Gasteiger partial charge in [0.05, 0.1) is 6.54 Å². The highest BCUT2D eigenvalue weighted by Crippen LogP contribution is 2.10. The molecule has 0 saturated heterocycles. The summed E-state index contributed by atoms with van der Waals surface area (Å²) in [6.45, 7) is 2.95. The Morgan fingerprint density at radius 3 is 2.83 bits per heavy atom. The highest BCUT2D eigenvalue weighted by molar-refractivity contribution is 7.09. The first kappa shape index (κ1) is 14.6. The fourth-order valence-corrected chi connectivity index (χ4v) is 1.95. The first-order chi connectivity index (χ1) is 8.58. The van der Waals surface area contributed by atoms with Crippen molar-refractivity contribution in [3.05, 3.63) is 16.1 Å². The zero-order valence-corrected chi connectivity index (χ0v) is 11.4. The number of likely N-dealkylation sites (N-methyl/N-ethyl adjacent to an activating group) is 1. The van der Waals surface area contributed by atoms with Crippen LogP contribution in [0.2, 0.25) is 0 Å². The molecule has 1 rings (SSSR count). The fraction of sp³-hybridized carbons (Fsp3) is 0.545. The van der Waals surface area contributed by atoms with E-state index in [1.807, 2.05) is 6.92 Å². The Morgan fingerprint density at radius 2 is 2.28 bits per heavy atom. The van der Waals surface area contributed by atoms with E-state index in [9.17, 15) is 9.59 Å². The first-order valence-electron chi connectivity index (χ1n) is 5.75. The zero-order valence-electron chi connectivity index (χ0n) is 10.6. The van der Waals surface area contributed by atoms with Gasteiger partial charge in [-0.25, -0.2) is 4.98 Å². The van der Waals surface area contributed by atoms with Gasteiger partial charge in [-0.2, -0.15) is 0 Å². The maximum Gasteiger partial charge on any atom is 0.273 e. The lowest BCUT2D eigenvalue weighted by Crippen LogP contribution is -2.38. The highest BCUT2D eigenvalue weighted by atomic mass is 32.1. The van der Waals surface area contributed by atoms with Gasteiger partial charge in [0, 0.05) is 25.5 Å². The summed E-state index contributed by atoms with van der Waals surface area (Å²) >= 11 is 1.34. The van der Waals surface area contributed by atoms with Crippen LogP contribution in [-0.2, 0) is 11.3 Å². The lowest BCUT2D eigenvalue weighted by molar-refractivity contribution is -0.121. The van der Waals surface area contributed by atoms with Crippen LogP contribution in [0.3, 0.4) is 0 Å². The Balaban J connectivity index is 2.53. The second-order valence-corrected chi connectivity index (χ2v) is 4.78. The summed E-state index contributed by atoms with van der Waals surface area (Å²) < 4.78 is 0. The van der Waals surface area contributed by atoms with Gasteiger partial charge >= 0.3 is 0 Å². The van der Waals surface area contributed by atoms with E-state index in [1.165, 1.54) is 16.2 Å². The number of nitrogens with one attached hydrogen (secondary N) is 1. The Hall–Kier alpha value is -1.47. The molecule has 0 bridgehead atoms. The number of carbonyl (C=O) groups is 2. The molecule has 0 saturated carbocycles. The van der Waals surface area contributed by atoms with E-state index >= 15 is 0 Å². The van der Waals surface area contributed by atoms with Crippen molar-refractivity contribution in [3.63, 3.8) is 0 Å². The summed E-state index contributed by atoms with van der Waals surface area (Å²) in [6.07, 6.45) is 0.870. The zero-order chi connectivity index (χ0) is 13.5. The van der Waals surface area contributed by atoms with Crippen LogP contribution in [0.15, 0.2) is 5.38 Å². The number of rotatable bonds is 6. The Bertz CT molecular complexity index is 419. The number of nitrogens with zero attached hydrogens (tertiary/aromatic N) is 2. The molecule has 0 fully saturated rings. The van der Waals surface area contributed by atoms with Gasteiger partial charge in [0.25, 0.3) is 5.91 Å². The van der Waals surface area contributed by atoms with Gasteiger partial charge in [-0.1, -0.05) is 6.92 Å². The monoisotopic (exact) mass is 270 g/mol. The molecule has 6 nitrogen and oxygen atoms in total. The van der Waals surface area contributed by atoms with Gasteiger partial charge in [0.2, 0.25) is 5.91 Å². The lowest BCUT2D eigenvalue weighted by atomic mass is 10.4. The minimum atomic E-state index is -0.266. The first-order valence-corrected chi connectivity index (χ1v) is 6.63. The average molecular weight is 270 g/mol. The fourth-order valence-electron chi connectivity index (χ4n) is 1.31. The maximum absolute atomic E-state index is 11.9. The van der Waals surface area contributed by atoms with Crippen LogP contribution in [0.5, 0.6) is 0 Å². The Labute approximate surface area is 110 Å². The normalized spacial score (nSPS) is 10.2. The molecule has 0 atom stereocenters. The molecule has 0 aliphatic rings. The second-order valence-electron chi connectivity index (χ2n) is 3.84. The third-order valence-corrected chi connectivity index (χ3v) is 3.12. The van der Waals surface area contributed by atoms with Gasteiger partial charge in [-0.05, 0) is 6.42 Å². The number of amides is 2. The summed E-state index contributed by atoms with van der Waals surface area (Å²) in [5, 5.41) is 5.08. The molecular formula is C11H18N4O2S. The molecule has 100 valence electrons. The van der Waals surface area contributed by atoms with Crippen molar-refractivity contribution in [1.29, 1.82) is 0 Å². The summed E-state index contributed by atoms with van der Waals surface area (Å²) in [7, 11) is 1.58. The van der Waals surface area contributed by atoms with Gasteiger partial charge in [0.15, 0.2) is 0 Å². The topological polar surface area (TPSA) is 88.3 Å². The molecular weight excluding hydrogens is 252 g/mol. The van der Waals surface area contributed by atoms with Crippen molar-refractivity contribution in [2.75, 3.05) is 20.1 Å². The van der Waals surface area contributed by atoms with Gasteiger partial charge in [-0.15, -0.1) is 11.3 Å². The predicted octanol–water partition coefficient (Wildman–Crippen LogP) is 0.200. The number of aromatic nitrogens is 1. The largest absolute Gasteiger partial charge is 0.355 e. The number of thiazole rings is 1. The minimum Gasteiger partial charge on any atom is -0.355 e. The highest BCUT2D eigenvalue weighted by Gasteiger charge is 2.17. The van der Waals surface area contributed by atoms with Crippen molar-refractivity contribution in [3.8, 4) is 0 Å².